The Labute approximate surface area is 176 Å². The number of sulfone groups is 1. The summed E-state index contributed by atoms with van der Waals surface area (Å²) in [4.78, 5) is 6.65. The number of thioether (sulfide) groups is 1. The molecular weight excluding hydrogens is 439 g/mol. The molecule has 10 heteroatoms. The van der Waals surface area contributed by atoms with Crippen LogP contribution in [0.15, 0.2) is 41.4 Å². The zero-order chi connectivity index (χ0) is 20.2. The summed E-state index contributed by atoms with van der Waals surface area (Å²) in [7, 11) is -3.14. The standard InChI is InChI=1S/C19H16ClFN2O4S2/c20-14-5-12(21)2-1-11(14)7-28-19-22-15-8-29(24,25)9-16(15)23(19)13-3-4-17-18(6-13)27-10-26-17/h1-6,15-16H,7-10H2. The molecule has 0 radical (unpaired) electrons. The summed E-state index contributed by atoms with van der Waals surface area (Å²) in [5, 5.41) is 1.07. The highest BCUT2D eigenvalue weighted by molar-refractivity contribution is 8.13. The molecule has 0 aliphatic carbocycles. The van der Waals surface area contributed by atoms with Crippen molar-refractivity contribution >= 4 is 44.1 Å². The van der Waals surface area contributed by atoms with E-state index in [1.807, 2.05) is 23.1 Å². The quantitative estimate of drug-likeness (QED) is 0.707. The number of hydrogen-bond donors (Lipinski definition) is 0. The van der Waals surface area contributed by atoms with Gasteiger partial charge in [-0.3, -0.25) is 4.99 Å². The van der Waals surface area contributed by atoms with Crippen molar-refractivity contribution in [1.29, 1.82) is 0 Å². The Balaban J connectivity index is 1.45. The van der Waals surface area contributed by atoms with Crippen LogP contribution in [0.5, 0.6) is 11.5 Å². The van der Waals surface area contributed by atoms with Crippen molar-refractivity contribution in [2.75, 3.05) is 23.2 Å². The van der Waals surface area contributed by atoms with Gasteiger partial charge in [0.1, 0.15) is 5.82 Å². The van der Waals surface area contributed by atoms with Gasteiger partial charge < -0.3 is 14.4 Å². The molecule has 2 atom stereocenters. The highest BCUT2D eigenvalue weighted by atomic mass is 35.5. The van der Waals surface area contributed by atoms with E-state index < -0.39 is 9.84 Å². The Bertz CT molecular complexity index is 1130. The maximum atomic E-state index is 13.3. The molecule has 3 aliphatic rings. The fourth-order valence-corrected chi connectivity index (χ4v) is 7.04. The molecule has 152 valence electrons. The first-order valence-electron chi connectivity index (χ1n) is 8.93. The SMILES string of the molecule is O=S1(=O)CC2N=C(SCc3ccc(F)cc3Cl)N(c3ccc4c(c3)OCO4)C2C1. The number of amidine groups is 1. The molecule has 6 nitrogen and oxygen atoms in total. The second kappa shape index (κ2) is 7.07. The average Bonchev–Trinajstić information content (AvgIpc) is 3.32. The predicted octanol–water partition coefficient (Wildman–Crippen LogP) is 3.48. The number of nitrogens with zero attached hydrogens (tertiary/aromatic N) is 2. The molecule has 1 saturated heterocycles. The number of rotatable bonds is 3. The van der Waals surface area contributed by atoms with Gasteiger partial charge in [-0.2, -0.15) is 0 Å². The third kappa shape index (κ3) is 3.55. The van der Waals surface area contributed by atoms with E-state index in [1.165, 1.54) is 23.9 Å². The van der Waals surface area contributed by atoms with Gasteiger partial charge in [0.2, 0.25) is 6.79 Å². The van der Waals surface area contributed by atoms with Crippen LogP contribution in [0.25, 0.3) is 0 Å². The van der Waals surface area contributed by atoms with Crippen molar-refractivity contribution in [2.24, 2.45) is 4.99 Å². The molecule has 3 heterocycles. The maximum absolute atomic E-state index is 13.3. The lowest BCUT2D eigenvalue weighted by Crippen LogP contribution is -2.39. The van der Waals surface area contributed by atoms with Crippen LogP contribution < -0.4 is 14.4 Å². The van der Waals surface area contributed by atoms with Crippen molar-refractivity contribution < 1.29 is 22.3 Å². The van der Waals surface area contributed by atoms with Crippen LogP contribution in [0, 0.1) is 5.82 Å². The Kier molecular flexibility index (Phi) is 4.64. The van der Waals surface area contributed by atoms with Gasteiger partial charge in [0.15, 0.2) is 26.5 Å². The van der Waals surface area contributed by atoms with Gasteiger partial charge in [-0.15, -0.1) is 0 Å². The van der Waals surface area contributed by atoms with Crippen LogP contribution >= 0.6 is 23.4 Å². The van der Waals surface area contributed by atoms with Crippen LogP contribution in [0.3, 0.4) is 0 Å². The molecule has 5 rings (SSSR count). The highest BCUT2D eigenvalue weighted by Crippen LogP contribution is 2.41. The zero-order valence-electron chi connectivity index (χ0n) is 15.0. The smallest absolute Gasteiger partial charge is 0.231 e. The third-order valence-corrected chi connectivity index (χ3v) is 8.18. The van der Waals surface area contributed by atoms with Crippen LogP contribution in [0.4, 0.5) is 10.1 Å². The lowest BCUT2D eigenvalue weighted by molar-refractivity contribution is 0.174. The molecule has 0 aromatic heterocycles. The van der Waals surface area contributed by atoms with E-state index in [0.717, 1.165) is 11.3 Å². The van der Waals surface area contributed by atoms with Crippen molar-refractivity contribution in [3.63, 3.8) is 0 Å². The number of aliphatic imine (C=N–C) groups is 1. The summed E-state index contributed by atoms with van der Waals surface area (Å²) in [5.74, 6) is 1.48. The first-order chi connectivity index (χ1) is 13.9. The summed E-state index contributed by atoms with van der Waals surface area (Å²) in [6.45, 7) is 0.165. The van der Waals surface area contributed by atoms with Crippen molar-refractivity contribution in [3.05, 3.63) is 52.8 Å². The fraction of sp³-hybridized carbons (Fsp3) is 0.316. The molecule has 0 bridgehead atoms. The Hall–Kier alpha value is -1.97. The van der Waals surface area contributed by atoms with Crippen molar-refractivity contribution in [2.45, 2.75) is 17.8 Å². The molecule has 2 aromatic carbocycles. The second-order valence-corrected chi connectivity index (χ2v) is 10.6. The minimum atomic E-state index is -3.14. The van der Waals surface area contributed by atoms with Gasteiger partial charge in [-0.25, -0.2) is 12.8 Å². The molecule has 0 amide bonds. The van der Waals surface area contributed by atoms with Crippen molar-refractivity contribution in [3.8, 4) is 11.5 Å². The third-order valence-electron chi connectivity index (χ3n) is 5.11. The van der Waals surface area contributed by atoms with Crippen LogP contribution in [0.2, 0.25) is 5.02 Å². The predicted molar refractivity (Wildman–Crippen MR) is 111 cm³/mol. The topological polar surface area (TPSA) is 68.2 Å². The minimum Gasteiger partial charge on any atom is -0.454 e. The van der Waals surface area contributed by atoms with Crippen LogP contribution in [-0.4, -0.2) is 44.0 Å². The lowest BCUT2D eigenvalue weighted by atomic mass is 10.1. The van der Waals surface area contributed by atoms with E-state index in [2.05, 4.69) is 0 Å². The molecule has 1 fully saturated rings. The number of hydrogen-bond acceptors (Lipinski definition) is 7. The van der Waals surface area contributed by atoms with E-state index in [-0.39, 0.29) is 36.2 Å². The molecule has 3 aliphatic heterocycles. The molecule has 2 aromatic rings. The van der Waals surface area contributed by atoms with E-state index in [9.17, 15) is 12.8 Å². The molecule has 0 N–H and O–H groups in total. The van der Waals surface area contributed by atoms with Crippen LogP contribution in [0.1, 0.15) is 5.56 Å². The monoisotopic (exact) mass is 454 g/mol. The van der Waals surface area contributed by atoms with Gasteiger partial charge in [-0.05, 0) is 29.8 Å². The first kappa shape index (κ1) is 19.0. The fourth-order valence-electron chi connectivity index (χ4n) is 3.75. The maximum Gasteiger partial charge on any atom is 0.231 e. The zero-order valence-corrected chi connectivity index (χ0v) is 17.4. The Morgan fingerprint density at radius 3 is 2.83 bits per heavy atom. The number of halogens is 2. The van der Waals surface area contributed by atoms with E-state index in [1.54, 1.807) is 6.07 Å². The summed E-state index contributed by atoms with van der Waals surface area (Å²) < 4.78 is 48.5. The number of benzene rings is 2. The molecule has 2 unspecified atom stereocenters. The Morgan fingerprint density at radius 2 is 2.00 bits per heavy atom. The largest absolute Gasteiger partial charge is 0.454 e. The van der Waals surface area contributed by atoms with E-state index >= 15 is 0 Å². The van der Waals surface area contributed by atoms with Crippen LogP contribution in [-0.2, 0) is 15.6 Å². The highest BCUT2D eigenvalue weighted by Gasteiger charge is 2.47. The summed E-state index contributed by atoms with van der Waals surface area (Å²) in [6.07, 6.45) is 0. The van der Waals surface area contributed by atoms with Crippen molar-refractivity contribution in [1.82, 2.24) is 0 Å². The summed E-state index contributed by atoms with van der Waals surface area (Å²) in [5.41, 5.74) is 1.59. The molecule has 0 saturated carbocycles. The minimum absolute atomic E-state index is 0.0417. The van der Waals surface area contributed by atoms with E-state index in [4.69, 9.17) is 26.1 Å². The second-order valence-electron chi connectivity index (χ2n) is 7.06. The Morgan fingerprint density at radius 1 is 1.17 bits per heavy atom. The lowest BCUT2D eigenvalue weighted by Gasteiger charge is -2.26. The van der Waals surface area contributed by atoms with Gasteiger partial charge in [0.05, 0.1) is 23.6 Å². The van der Waals surface area contributed by atoms with Gasteiger partial charge in [-0.1, -0.05) is 29.4 Å². The summed E-state index contributed by atoms with van der Waals surface area (Å²) in [6, 6.07) is 9.27. The average molecular weight is 455 g/mol. The number of anilines is 1. The first-order valence-corrected chi connectivity index (χ1v) is 12.1. The molecule has 29 heavy (non-hydrogen) atoms. The molecule has 0 spiro atoms. The van der Waals surface area contributed by atoms with Gasteiger partial charge in [0, 0.05) is 22.5 Å². The van der Waals surface area contributed by atoms with Gasteiger partial charge in [0.25, 0.3) is 0 Å². The number of fused-ring (bicyclic) bond motifs is 2. The normalized spacial score (nSPS) is 23.9. The summed E-state index contributed by atoms with van der Waals surface area (Å²) >= 11 is 7.60. The van der Waals surface area contributed by atoms with E-state index in [0.29, 0.717) is 27.4 Å². The van der Waals surface area contributed by atoms with Gasteiger partial charge >= 0.3 is 0 Å². The molecular formula is C19H16ClFN2O4S2. The number of ether oxygens (including phenoxy) is 2.